The summed E-state index contributed by atoms with van der Waals surface area (Å²) in [5, 5.41) is 0. The van der Waals surface area contributed by atoms with Crippen LogP contribution in [0.3, 0.4) is 0 Å². The lowest BCUT2D eigenvalue weighted by molar-refractivity contribution is -0.117. The van der Waals surface area contributed by atoms with Gasteiger partial charge in [-0.15, -0.1) is 0 Å². The molecule has 0 N–H and O–H groups in total. The second-order valence-electron chi connectivity index (χ2n) is 4.34. The Labute approximate surface area is 94.1 Å². The Hall–Kier alpha value is -1.65. The average Bonchev–Trinajstić information content (AvgIpc) is 2.89. The van der Waals surface area contributed by atoms with Crippen LogP contribution in [0.2, 0.25) is 0 Å². The van der Waals surface area contributed by atoms with Gasteiger partial charge >= 0.3 is 0 Å². The summed E-state index contributed by atoms with van der Waals surface area (Å²) < 4.78 is 0. The first-order valence-corrected chi connectivity index (χ1v) is 5.63. The Kier molecular flexibility index (Phi) is 2.05. The summed E-state index contributed by atoms with van der Waals surface area (Å²) in [6, 6.07) is 0. The highest BCUT2D eigenvalue weighted by molar-refractivity contribution is 5.99. The van der Waals surface area contributed by atoms with Crippen molar-refractivity contribution >= 4 is 17.7 Å². The number of amides is 1. The molecule has 0 aromatic carbocycles. The molecule has 5 heteroatoms. The first-order valence-electron chi connectivity index (χ1n) is 5.63. The van der Waals surface area contributed by atoms with Crippen LogP contribution in [0.1, 0.15) is 18.4 Å². The number of carbonyl (C=O) groups excluding carboxylic acids is 1. The highest BCUT2D eigenvalue weighted by atomic mass is 16.2. The van der Waals surface area contributed by atoms with Gasteiger partial charge in [0.25, 0.3) is 0 Å². The van der Waals surface area contributed by atoms with E-state index in [1.165, 1.54) is 12.8 Å². The van der Waals surface area contributed by atoms with Gasteiger partial charge in [-0.3, -0.25) is 9.69 Å². The maximum Gasteiger partial charge on any atom is 0.232 e. The first kappa shape index (κ1) is 9.57. The third kappa shape index (κ3) is 1.35. The fraction of sp³-hybridized carbons (Fsp3) is 0.545. The molecule has 0 radical (unpaired) electrons. The third-order valence-corrected chi connectivity index (χ3v) is 3.25. The Balaban J connectivity index is 1.96. The van der Waals surface area contributed by atoms with E-state index in [4.69, 9.17) is 0 Å². The van der Waals surface area contributed by atoms with Crippen LogP contribution in [-0.2, 0) is 11.2 Å². The van der Waals surface area contributed by atoms with Crippen molar-refractivity contribution in [3.63, 3.8) is 0 Å². The van der Waals surface area contributed by atoms with Gasteiger partial charge in [0, 0.05) is 31.9 Å². The molecule has 84 valence electrons. The van der Waals surface area contributed by atoms with Crippen LogP contribution in [0.4, 0.5) is 11.8 Å². The minimum atomic E-state index is 0.0999. The maximum atomic E-state index is 11.5. The van der Waals surface area contributed by atoms with Crippen LogP contribution in [0.25, 0.3) is 0 Å². The van der Waals surface area contributed by atoms with Crippen LogP contribution in [0.15, 0.2) is 6.20 Å². The molecule has 1 aromatic heterocycles. The van der Waals surface area contributed by atoms with Crippen molar-refractivity contribution in [2.24, 2.45) is 0 Å². The van der Waals surface area contributed by atoms with Crippen molar-refractivity contribution in [1.29, 1.82) is 0 Å². The molecule has 1 amide bonds. The van der Waals surface area contributed by atoms with Crippen molar-refractivity contribution in [2.75, 3.05) is 29.9 Å². The van der Waals surface area contributed by atoms with Gasteiger partial charge in [-0.25, -0.2) is 4.98 Å². The average molecular weight is 218 g/mol. The van der Waals surface area contributed by atoms with Crippen LogP contribution in [0.5, 0.6) is 0 Å². The molecule has 5 nitrogen and oxygen atoms in total. The summed E-state index contributed by atoms with van der Waals surface area (Å²) in [6.45, 7) is 2.05. The van der Waals surface area contributed by atoms with E-state index in [2.05, 4.69) is 14.9 Å². The van der Waals surface area contributed by atoms with E-state index in [9.17, 15) is 4.79 Å². The predicted octanol–water partition coefficient (Wildman–Crippen LogP) is 0.596. The molecule has 16 heavy (non-hydrogen) atoms. The standard InChI is InChI=1S/C11H14N4O/c1-14-9(16)6-8-7-12-11(13-10(8)14)15-4-2-3-5-15/h7H,2-6H2,1H3. The number of hydrogen-bond acceptors (Lipinski definition) is 4. The normalized spacial score (nSPS) is 19.4. The van der Waals surface area contributed by atoms with Crippen molar-refractivity contribution in [1.82, 2.24) is 9.97 Å². The van der Waals surface area contributed by atoms with Gasteiger partial charge in [0.2, 0.25) is 11.9 Å². The molecule has 2 aliphatic rings. The topological polar surface area (TPSA) is 49.3 Å². The molecule has 0 atom stereocenters. The van der Waals surface area contributed by atoms with Gasteiger partial charge < -0.3 is 4.90 Å². The highest BCUT2D eigenvalue weighted by Crippen LogP contribution is 2.27. The SMILES string of the molecule is CN1C(=O)Cc2cnc(N3CCCC3)nc21. The molecule has 2 aliphatic heterocycles. The fourth-order valence-corrected chi connectivity index (χ4v) is 2.27. The van der Waals surface area contributed by atoms with E-state index in [1.807, 2.05) is 0 Å². The molecule has 3 rings (SSSR count). The zero-order chi connectivity index (χ0) is 11.1. The summed E-state index contributed by atoms with van der Waals surface area (Å²) in [7, 11) is 1.77. The Morgan fingerprint density at radius 2 is 2.06 bits per heavy atom. The number of hydrogen-bond donors (Lipinski definition) is 0. The van der Waals surface area contributed by atoms with Crippen LogP contribution in [0, 0.1) is 0 Å². The summed E-state index contributed by atoms with van der Waals surface area (Å²) in [4.78, 5) is 24.1. The predicted molar refractivity (Wildman–Crippen MR) is 60.6 cm³/mol. The minimum absolute atomic E-state index is 0.0999. The smallest absolute Gasteiger partial charge is 0.232 e. The molecule has 0 unspecified atom stereocenters. The van der Waals surface area contributed by atoms with Crippen molar-refractivity contribution in [2.45, 2.75) is 19.3 Å². The molecule has 0 saturated carbocycles. The van der Waals surface area contributed by atoms with Crippen LogP contribution in [-0.4, -0.2) is 36.0 Å². The number of carbonyl (C=O) groups is 1. The van der Waals surface area contributed by atoms with Crippen molar-refractivity contribution < 1.29 is 4.79 Å². The van der Waals surface area contributed by atoms with Crippen molar-refractivity contribution in [3.05, 3.63) is 11.8 Å². The lowest BCUT2D eigenvalue weighted by Crippen LogP contribution is -2.24. The minimum Gasteiger partial charge on any atom is -0.341 e. The van der Waals surface area contributed by atoms with Gasteiger partial charge in [0.1, 0.15) is 5.82 Å². The lowest BCUT2D eigenvalue weighted by atomic mass is 10.3. The van der Waals surface area contributed by atoms with E-state index in [0.29, 0.717) is 6.42 Å². The molecule has 0 aliphatic carbocycles. The second kappa shape index (κ2) is 3.43. The molecule has 0 bridgehead atoms. The number of nitrogens with zero attached hydrogens (tertiary/aromatic N) is 4. The van der Waals surface area contributed by atoms with E-state index >= 15 is 0 Å². The molecule has 0 spiro atoms. The van der Waals surface area contributed by atoms with E-state index < -0.39 is 0 Å². The number of likely N-dealkylation sites (N-methyl/N-ethyl adjacent to an activating group) is 1. The van der Waals surface area contributed by atoms with Gasteiger partial charge in [0.15, 0.2) is 0 Å². The zero-order valence-electron chi connectivity index (χ0n) is 9.31. The fourth-order valence-electron chi connectivity index (χ4n) is 2.27. The molecule has 3 heterocycles. The van der Waals surface area contributed by atoms with Crippen molar-refractivity contribution in [3.8, 4) is 0 Å². The summed E-state index contributed by atoms with van der Waals surface area (Å²) in [5.74, 6) is 1.64. The van der Waals surface area contributed by atoms with Crippen LogP contribution >= 0.6 is 0 Å². The molecule has 1 saturated heterocycles. The quantitative estimate of drug-likeness (QED) is 0.692. The molecular weight excluding hydrogens is 204 g/mol. The van der Waals surface area contributed by atoms with E-state index in [-0.39, 0.29) is 5.91 Å². The number of fused-ring (bicyclic) bond motifs is 1. The largest absolute Gasteiger partial charge is 0.341 e. The van der Waals surface area contributed by atoms with E-state index in [1.54, 1.807) is 18.1 Å². The lowest BCUT2D eigenvalue weighted by Gasteiger charge is -2.16. The summed E-state index contributed by atoms with van der Waals surface area (Å²) >= 11 is 0. The highest BCUT2D eigenvalue weighted by Gasteiger charge is 2.27. The Bertz CT molecular complexity index is 440. The number of aromatic nitrogens is 2. The molecule has 1 aromatic rings. The Morgan fingerprint density at radius 3 is 2.81 bits per heavy atom. The zero-order valence-corrected chi connectivity index (χ0v) is 9.31. The summed E-state index contributed by atoms with van der Waals surface area (Å²) in [6.07, 6.45) is 4.63. The van der Waals surface area contributed by atoms with Gasteiger partial charge in [0.05, 0.1) is 6.42 Å². The van der Waals surface area contributed by atoms with Gasteiger partial charge in [-0.1, -0.05) is 0 Å². The maximum absolute atomic E-state index is 11.5. The monoisotopic (exact) mass is 218 g/mol. The molecule has 1 fully saturated rings. The Morgan fingerprint density at radius 1 is 1.31 bits per heavy atom. The van der Waals surface area contributed by atoms with Gasteiger partial charge in [-0.2, -0.15) is 4.98 Å². The van der Waals surface area contributed by atoms with Crippen LogP contribution < -0.4 is 9.80 Å². The first-order chi connectivity index (χ1) is 7.75. The second-order valence-corrected chi connectivity index (χ2v) is 4.34. The van der Waals surface area contributed by atoms with E-state index in [0.717, 1.165) is 30.4 Å². The number of anilines is 2. The third-order valence-electron chi connectivity index (χ3n) is 3.25. The van der Waals surface area contributed by atoms with Gasteiger partial charge in [-0.05, 0) is 12.8 Å². The number of rotatable bonds is 1. The molecular formula is C11H14N4O. The summed E-state index contributed by atoms with van der Waals surface area (Å²) in [5.41, 5.74) is 0.940.